The van der Waals surface area contributed by atoms with Crippen molar-refractivity contribution in [3.8, 4) is 5.75 Å². The summed E-state index contributed by atoms with van der Waals surface area (Å²) in [5.41, 5.74) is 0.807. The molecular weight excluding hydrogens is 349 g/mol. The van der Waals surface area contributed by atoms with E-state index in [1.807, 2.05) is 0 Å². The minimum absolute atomic E-state index is 0.253. The van der Waals surface area contributed by atoms with Crippen LogP contribution in [0.1, 0.15) is 10.4 Å². The van der Waals surface area contributed by atoms with Gasteiger partial charge in [0.2, 0.25) is 0 Å². The molecule has 0 aliphatic rings. The summed E-state index contributed by atoms with van der Waals surface area (Å²) in [5, 5.41) is 3.18. The number of halogens is 3. The number of hydrogen-bond donors (Lipinski definition) is 1. The molecule has 0 saturated carbocycles. The van der Waals surface area contributed by atoms with E-state index in [1.54, 1.807) is 18.2 Å². The Balaban J connectivity index is 2.28. The van der Waals surface area contributed by atoms with Gasteiger partial charge in [0, 0.05) is 15.6 Å². The van der Waals surface area contributed by atoms with Crippen molar-refractivity contribution < 1.29 is 13.9 Å². The molecule has 20 heavy (non-hydrogen) atoms. The second-order valence-electron chi connectivity index (χ2n) is 3.92. The van der Waals surface area contributed by atoms with E-state index in [-0.39, 0.29) is 11.7 Å². The van der Waals surface area contributed by atoms with Crippen LogP contribution in [0, 0.1) is 5.82 Å². The third-order valence-electron chi connectivity index (χ3n) is 2.59. The zero-order valence-corrected chi connectivity index (χ0v) is 12.8. The molecule has 0 radical (unpaired) electrons. The average Bonchev–Trinajstić information content (AvgIpc) is 2.40. The first kappa shape index (κ1) is 14.8. The van der Waals surface area contributed by atoms with Gasteiger partial charge in [0.15, 0.2) is 0 Å². The molecule has 6 heteroatoms. The van der Waals surface area contributed by atoms with E-state index in [1.165, 1.54) is 25.3 Å². The molecule has 0 fully saturated rings. The number of hydrogen-bond acceptors (Lipinski definition) is 2. The number of carbonyl (C=O) groups excluding carboxylic acids is 1. The SMILES string of the molecule is COc1cc(F)ccc1NC(=O)c1ccc(Cl)cc1Br. The molecule has 0 saturated heterocycles. The van der Waals surface area contributed by atoms with Crippen molar-refractivity contribution in [2.75, 3.05) is 12.4 Å². The van der Waals surface area contributed by atoms with Gasteiger partial charge in [-0.25, -0.2) is 4.39 Å². The Kier molecular flexibility index (Phi) is 4.62. The molecular formula is C14H10BrClFNO2. The molecule has 0 unspecified atom stereocenters. The molecule has 0 aliphatic heterocycles. The molecule has 1 N–H and O–H groups in total. The van der Waals surface area contributed by atoms with Crippen molar-refractivity contribution in [1.82, 2.24) is 0 Å². The van der Waals surface area contributed by atoms with Crippen molar-refractivity contribution in [1.29, 1.82) is 0 Å². The number of benzene rings is 2. The van der Waals surface area contributed by atoms with E-state index in [0.717, 1.165) is 0 Å². The van der Waals surface area contributed by atoms with E-state index in [2.05, 4.69) is 21.2 Å². The highest BCUT2D eigenvalue weighted by Gasteiger charge is 2.13. The first-order chi connectivity index (χ1) is 9.51. The van der Waals surface area contributed by atoms with Gasteiger partial charge >= 0.3 is 0 Å². The van der Waals surface area contributed by atoms with Gasteiger partial charge in [-0.05, 0) is 46.3 Å². The number of methoxy groups -OCH3 is 1. The highest BCUT2D eigenvalue weighted by atomic mass is 79.9. The molecule has 2 aromatic rings. The number of amides is 1. The van der Waals surface area contributed by atoms with Crippen LogP contribution in [0.5, 0.6) is 5.75 Å². The van der Waals surface area contributed by atoms with Crippen LogP contribution in [0.4, 0.5) is 10.1 Å². The fourth-order valence-electron chi connectivity index (χ4n) is 1.63. The highest BCUT2D eigenvalue weighted by Crippen LogP contribution is 2.27. The number of carbonyl (C=O) groups is 1. The largest absolute Gasteiger partial charge is 0.494 e. The Morgan fingerprint density at radius 2 is 2.05 bits per heavy atom. The Hall–Kier alpha value is -1.59. The summed E-state index contributed by atoms with van der Waals surface area (Å²) in [4.78, 5) is 12.2. The molecule has 2 aromatic carbocycles. The lowest BCUT2D eigenvalue weighted by molar-refractivity contribution is 0.102. The molecule has 3 nitrogen and oxygen atoms in total. The number of ether oxygens (including phenoxy) is 1. The summed E-state index contributed by atoms with van der Waals surface area (Å²) in [6.07, 6.45) is 0. The number of nitrogens with one attached hydrogen (secondary N) is 1. The molecule has 0 aromatic heterocycles. The molecule has 0 atom stereocenters. The molecule has 0 bridgehead atoms. The molecule has 0 spiro atoms. The van der Waals surface area contributed by atoms with Crippen LogP contribution in [-0.4, -0.2) is 13.0 Å². The quantitative estimate of drug-likeness (QED) is 0.877. The Morgan fingerprint density at radius 1 is 1.30 bits per heavy atom. The highest BCUT2D eigenvalue weighted by molar-refractivity contribution is 9.10. The van der Waals surface area contributed by atoms with Crippen molar-refractivity contribution in [3.05, 3.63) is 57.3 Å². The molecule has 2 rings (SSSR count). The molecule has 104 valence electrons. The van der Waals surface area contributed by atoms with Crippen molar-refractivity contribution in [3.63, 3.8) is 0 Å². The van der Waals surface area contributed by atoms with Crippen LogP contribution in [-0.2, 0) is 0 Å². The predicted molar refractivity (Wildman–Crippen MR) is 80.1 cm³/mol. The third kappa shape index (κ3) is 3.29. The van der Waals surface area contributed by atoms with Gasteiger partial charge in [0.05, 0.1) is 18.4 Å². The topological polar surface area (TPSA) is 38.3 Å². The monoisotopic (exact) mass is 357 g/mol. The van der Waals surface area contributed by atoms with Crippen molar-refractivity contribution in [2.45, 2.75) is 0 Å². The molecule has 0 heterocycles. The third-order valence-corrected chi connectivity index (χ3v) is 3.48. The van der Waals surface area contributed by atoms with Crippen LogP contribution in [0.2, 0.25) is 5.02 Å². The van der Waals surface area contributed by atoms with E-state index in [0.29, 0.717) is 20.7 Å². The summed E-state index contributed by atoms with van der Waals surface area (Å²) >= 11 is 9.10. The zero-order chi connectivity index (χ0) is 14.7. The van der Waals surface area contributed by atoms with Gasteiger partial charge in [-0.15, -0.1) is 0 Å². The number of rotatable bonds is 3. The Labute approximate surface area is 128 Å². The van der Waals surface area contributed by atoms with Gasteiger partial charge in [0.25, 0.3) is 5.91 Å². The first-order valence-corrected chi connectivity index (χ1v) is 6.78. The summed E-state index contributed by atoms with van der Waals surface area (Å²) < 4.78 is 18.7. The zero-order valence-electron chi connectivity index (χ0n) is 10.4. The molecule has 1 amide bonds. The smallest absolute Gasteiger partial charge is 0.256 e. The standard InChI is InChI=1S/C14H10BrClFNO2/c1-20-13-7-9(17)3-5-12(13)18-14(19)10-4-2-8(16)6-11(10)15/h2-7H,1H3,(H,18,19). The van der Waals surface area contributed by atoms with E-state index >= 15 is 0 Å². The minimum atomic E-state index is -0.437. The maximum Gasteiger partial charge on any atom is 0.256 e. The number of anilines is 1. The van der Waals surface area contributed by atoms with Crippen molar-refractivity contribution in [2.24, 2.45) is 0 Å². The maximum absolute atomic E-state index is 13.1. The minimum Gasteiger partial charge on any atom is -0.494 e. The lowest BCUT2D eigenvalue weighted by atomic mass is 10.2. The van der Waals surface area contributed by atoms with Gasteiger partial charge in [-0.1, -0.05) is 11.6 Å². The van der Waals surface area contributed by atoms with Crippen LogP contribution < -0.4 is 10.1 Å². The van der Waals surface area contributed by atoms with Crippen LogP contribution in [0.25, 0.3) is 0 Å². The van der Waals surface area contributed by atoms with Gasteiger partial charge in [-0.2, -0.15) is 0 Å². The fourth-order valence-corrected chi connectivity index (χ4v) is 2.49. The van der Waals surface area contributed by atoms with Gasteiger partial charge in [-0.3, -0.25) is 4.79 Å². The summed E-state index contributed by atoms with van der Waals surface area (Å²) in [6.45, 7) is 0. The van der Waals surface area contributed by atoms with E-state index in [9.17, 15) is 9.18 Å². The van der Waals surface area contributed by atoms with Crippen LogP contribution in [0.3, 0.4) is 0 Å². The predicted octanol–water partition coefficient (Wildman–Crippen LogP) is 4.50. The lowest BCUT2D eigenvalue weighted by Gasteiger charge is -2.11. The second kappa shape index (κ2) is 6.24. The van der Waals surface area contributed by atoms with E-state index in [4.69, 9.17) is 16.3 Å². The summed E-state index contributed by atoms with van der Waals surface area (Å²) in [6, 6.07) is 8.72. The summed E-state index contributed by atoms with van der Waals surface area (Å²) in [7, 11) is 1.41. The fraction of sp³-hybridized carbons (Fsp3) is 0.0714. The van der Waals surface area contributed by atoms with Crippen LogP contribution in [0.15, 0.2) is 40.9 Å². The van der Waals surface area contributed by atoms with Crippen LogP contribution >= 0.6 is 27.5 Å². The molecule has 0 aliphatic carbocycles. The normalized spacial score (nSPS) is 10.2. The van der Waals surface area contributed by atoms with Crippen molar-refractivity contribution >= 4 is 39.1 Å². The first-order valence-electron chi connectivity index (χ1n) is 5.61. The van der Waals surface area contributed by atoms with E-state index < -0.39 is 5.82 Å². The lowest BCUT2D eigenvalue weighted by Crippen LogP contribution is -2.13. The average molecular weight is 359 g/mol. The summed E-state index contributed by atoms with van der Waals surface area (Å²) in [5.74, 6) is -0.533. The maximum atomic E-state index is 13.1. The van der Waals surface area contributed by atoms with Gasteiger partial charge < -0.3 is 10.1 Å². The second-order valence-corrected chi connectivity index (χ2v) is 5.21. The Bertz CT molecular complexity index is 664. The van der Waals surface area contributed by atoms with Gasteiger partial charge in [0.1, 0.15) is 11.6 Å². The Morgan fingerprint density at radius 3 is 2.70 bits per heavy atom.